The first kappa shape index (κ1) is 16.1. The van der Waals surface area contributed by atoms with Gasteiger partial charge in [0.05, 0.1) is 0 Å². The van der Waals surface area contributed by atoms with Gasteiger partial charge >= 0.3 is 0 Å². The molecule has 0 radical (unpaired) electrons. The minimum absolute atomic E-state index is 0.236. The zero-order valence-electron chi connectivity index (χ0n) is 12.5. The first-order valence-electron chi connectivity index (χ1n) is 6.89. The molecule has 0 bridgehead atoms. The number of rotatable bonds is 4. The fourth-order valence-corrected chi connectivity index (χ4v) is 2.87. The van der Waals surface area contributed by atoms with E-state index in [0.717, 1.165) is 19.5 Å². The molecule has 108 valence electrons. The first-order valence-corrected chi connectivity index (χ1v) is 9.80. The summed E-state index contributed by atoms with van der Waals surface area (Å²) in [5, 5.41) is 0.236. The molecule has 0 aromatic carbocycles. The Balaban J connectivity index is 2.30. The van der Waals surface area contributed by atoms with Gasteiger partial charge in [0.25, 0.3) is 0 Å². The van der Waals surface area contributed by atoms with Crippen LogP contribution in [0.5, 0.6) is 0 Å². The van der Waals surface area contributed by atoms with E-state index < -0.39 is 14.5 Å². The number of nitrogens with zero attached hydrogens (tertiary/aromatic N) is 1. The monoisotopic (exact) mass is 276 g/mol. The average molecular weight is 276 g/mol. The highest BCUT2D eigenvalue weighted by Crippen LogP contribution is 2.36. The van der Waals surface area contributed by atoms with Crippen LogP contribution in [0.4, 0.5) is 4.39 Å². The van der Waals surface area contributed by atoms with Gasteiger partial charge in [-0.3, -0.25) is 4.90 Å². The van der Waals surface area contributed by atoms with Gasteiger partial charge in [-0.05, 0) is 31.1 Å². The lowest BCUT2D eigenvalue weighted by Gasteiger charge is -2.38. The predicted octanol–water partition coefficient (Wildman–Crippen LogP) is 2.38. The summed E-state index contributed by atoms with van der Waals surface area (Å²) in [5.41, 5.74) is 5.67. The lowest BCUT2D eigenvalue weighted by Crippen LogP contribution is -2.50. The van der Waals surface area contributed by atoms with Gasteiger partial charge in [-0.1, -0.05) is 20.8 Å². The third kappa shape index (κ3) is 4.30. The highest BCUT2D eigenvalue weighted by atomic mass is 28.4. The third-order valence-corrected chi connectivity index (χ3v) is 8.89. The number of halogens is 1. The van der Waals surface area contributed by atoms with Crippen LogP contribution >= 0.6 is 0 Å². The lowest BCUT2D eigenvalue weighted by molar-refractivity contribution is 0.103. The van der Waals surface area contributed by atoms with Crippen molar-refractivity contribution in [3.05, 3.63) is 0 Å². The summed E-state index contributed by atoms with van der Waals surface area (Å²) in [6, 6.07) is -0.275. The van der Waals surface area contributed by atoms with Crippen LogP contribution in [-0.4, -0.2) is 51.7 Å². The standard InChI is InChI=1S/C13H29FN2OSi/c1-13(2,3)18(4,5)17-9-8-16-7-6-12(15)11(14)10-16/h11-12H,6-10,15H2,1-5H3. The van der Waals surface area contributed by atoms with Crippen molar-refractivity contribution in [3.63, 3.8) is 0 Å². The van der Waals surface area contributed by atoms with Crippen LogP contribution in [0.1, 0.15) is 27.2 Å². The molecule has 0 spiro atoms. The number of hydrogen-bond acceptors (Lipinski definition) is 3. The molecule has 1 rings (SSSR count). The topological polar surface area (TPSA) is 38.5 Å². The molecule has 0 aromatic rings. The number of likely N-dealkylation sites (tertiary alicyclic amines) is 1. The normalized spacial score (nSPS) is 27.5. The number of nitrogens with two attached hydrogens (primary N) is 1. The van der Waals surface area contributed by atoms with Crippen LogP contribution in [0.15, 0.2) is 0 Å². The highest BCUT2D eigenvalue weighted by molar-refractivity contribution is 6.74. The van der Waals surface area contributed by atoms with Crippen molar-refractivity contribution in [1.29, 1.82) is 0 Å². The predicted molar refractivity (Wildman–Crippen MR) is 77.1 cm³/mol. The maximum absolute atomic E-state index is 13.5. The molecular weight excluding hydrogens is 247 g/mol. The van der Waals surface area contributed by atoms with E-state index in [1.807, 2.05) is 0 Å². The summed E-state index contributed by atoms with van der Waals surface area (Å²) >= 11 is 0. The van der Waals surface area contributed by atoms with Gasteiger partial charge in [-0.2, -0.15) is 0 Å². The van der Waals surface area contributed by atoms with E-state index in [1.54, 1.807) is 0 Å². The Morgan fingerprint density at radius 2 is 2.00 bits per heavy atom. The van der Waals surface area contributed by atoms with Crippen LogP contribution < -0.4 is 5.73 Å². The van der Waals surface area contributed by atoms with Crippen molar-refractivity contribution in [2.75, 3.05) is 26.2 Å². The number of alkyl halides is 1. The van der Waals surface area contributed by atoms with Crippen molar-refractivity contribution in [2.45, 2.75) is 57.5 Å². The molecule has 1 aliphatic rings. The smallest absolute Gasteiger partial charge is 0.192 e. The Labute approximate surface area is 112 Å². The second kappa shape index (κ2) is 5.99. The fraction of sp³-hybridized carbons (Fsp3) is 1.00. The van der Waals surface area contributed by atoms with E-state index in [2.05, 4.69) is 38.8 Å². The summed E-state index contributed by atoms with van der Waals surface area (Å²) in [6.07, 6.45) is -0.132. The SMILES string of the molecule is CC(C)(C)[Si](C)(C)OCCN1CCC(N)C(F)C1. The van der Waals surface area contributed by atoms with E-state index >= 15 is 0 Å². The van der Waals surface area contributed by atoms with Crippen molar-refractivity contribution < 1.29 is 8.82 Å². The maximum Gasteiger partial charge on any atom is 0.192 e. The molecule has 2 atom stereocenters. The molecular formula is C13H29FN2OSi. The van der Waals surface area contributed by atoms with Gasteiger partial charge in [0.1, 0.15) is 6.17 Å². The summed E-state index contributed by atoms with van der Waals surface area (Å²) < 4.78 is 19.6. The van der Waals surface area contributed by atoms with Gasteiger partial charge in [0, 0.05) is 25.7 Å². The van der Waals surface area contributed by atoms with Gasteiger partial charge in [0.2, 0.25) is 0 Å². The Hall–Kier alpha value is 0.0269. The minimum Gasteiger partial charge on any atom is -0.416 e. The molecule has 2 N–H and O–H groups in total. The molecule has 18 heavy (non-hydrogen) atoms. The first-order chi connectivity index (χ1) is 8.13. The van der Waals surface area contributed by atoms with E-state index in [0.29, 0.717) is 13.2 Å². The molecule has 2 unspecified atom stereocenters. The zero-order valence-corrected chi connectivity index (χ0v) is 13.5. The van der Waals surface area contributed by atoms with E-state index in [1.165, 1.54) is 0 Å². The van der Waals surface area contributed by atoms with Crippen LogP contribution in [0.2, 0.25) is 18.1 Å². The van der Waals surface area contributed by atoms with Crippen LogP contribution in [0.25, 0.3) is 0 Å². The molecule has 0 amide bonds. The molecule has 1 heterocycles. The van der Waals surface area contributed by atoms with Crippen LogP contribution in [0, 0.1) is 0 Å². The molecule has 5 heteroatoms. The second-order valence-electron chi connectivity index (χ2n) is 6.88. The molecule has 1 fully saturated rings. The number of hydrogen-bond donors (Lipinski definition) is 1. The second-order valence-corrected chi connectivity index (χ2v) is 11.7. The molecule has 1 aliphatic heterocycles. The Kier molecular flexibility index (Phi) is 5.35. The number of piperidine rings is 1. The van der Waals surface area contributed by atoms with Crippen LogP contribution in [0.3, 0.4) is 0 Å². The molecule has 0 saturated carbocycles. The minimum atomic E-state index is -1.67. The van der Waals surface area contributed by atoms with Crippen molar-refractivity contribution in [3.8, 4) is 0 Å². The summed E-state index contributed by atoms with van der Waals surface area (Å²) in [7, 11) is -1.67. The van der Waals surface area contributed by atoms with Gasteiger partial charge in [-0.25, -0.2) is 4.39 Å². The van der Waals surface area contributed by atoms with Crippen LogP contribution in [-0.2, 0) is 4.43 Å². The van der Waals surface area contributed by atoms with Gasteiger partial charge in [-0.15, -0.1) is 0 Å². The quantitative estimate of drug-likeness (QED) is 0.801. The Morgan fingerprint density at radius 1 is 1.39 bits per heavy atom. The largest absolute Gasteiger partial charge is 0.416 e. The maximum atomic E-state index is 13.5. The van der Waals surface area contributed by atoms with Gasteiger partial charge < -0.3 is 10.2 Å². The average Bonchev–Trinajstić information content (AvgIpc) is 2.21. The van der Waals surface area contributed by atoms with Crippen molar-refractivity contribution >= 4 is 8.32 Å². The zero-order chi connectivity index (χ0) is 14.0. The van der Waals surface area contributed by atoms with Gasteiger partial charge in [0.15, 0.2) is 8.32 Å². The molecule has 3 nitrogen and oxygen atoms in total. The van der Waals surface area contributed by atoms with E-state index in [-0.39, 0.29) is 11.1 Å². The van der Waals surface area contributed by atoms with Crippen molar-refractivity contribution in [2.24, 2.45) is 5.73 Å². The molecule has 0 aromatic heterocycles. The molecule has 1 saturated heterocycles. The summed E-state index contributed by atoms with van der Waals surface area (Å²) in [5.74, 6) is 0. The highest BCUT2D eigenvalue weighted by Gasteiger charge is 2.37. The molecule has 0 aliphatic carbocycles. The Bertz CT molecular complexity index is 268. The summed E-state index contributed by atoms with van der Waals surface area (Å²) in [4.78, 5) is 2.13. The summed E-state index contributed by atoms with van der Waals surface area (Å²) in [6.45, 7) is 14.1. The van der Waals surface area contributed by atoms with Crippen molar-refractivity contribution in [1.82, 2.24) is 4.90 Å². The Morgan fingerprint density at radius 3 is 2.50 bits per heavy atom. The third-order valence-electron chi connectivity index (χ3n) is 4.35. The van der Waals surface area contributed by atoms with E-state index in [9.17, 15) is 4.39 Å². The fourth-order valence-electron chi connectivity index (χ4n) is 1.84. The lowest BCUT2D eigenvalue weighted by atomic mass is 10.0. The van der Waals surface area contributed by atoms with E-state index in [4.69, 9.17) is 10.2 Å².